The van der Waals surface area contributed by atoms with E-state index in [4.69, 9.17) is 0 Å². The minimum absolute atomic E-state index is 1.06. The van der Waals surface area contributed by atoms with Gasteiger partial charge < -0.3 is 9.80 Å². The van der Waals surface area contributed by atoms with Gasteiger partial charge in [-0.15, -0.1) is 11.3 Å². The summed E-state index contributed by atoms with van der Waals surface area (Å²) in [6.45, 7) is 4.46. The van der Waals surface area contributed by atoms with Crippen LogP contribution in [-0.4, -0.2) is 43.2 Å². The fourth-order valence-electron chi connectivity index (χ4n) is 2.94. The molecule has 1 aromatic carbocycles. The fraction of sp³-hybridized carbons (Fsp3) is 0.294. The van der Waals surface area contributed by atoms with E-state index in [1.165, 1.54) is 28.9 Å². The monoisotopic (exact) mass is 311 g/mol. The lowest BCUT2D eigenvalue weighted by atomic mass is 10.2. The van der Waals surface area contributed by atoms with Crippen molar-refractivity contribution in [1.82, 2.24) is 9.97 Å². The van der Waals surface area contributed by atoms with Crippen molar-refractivity contribution in [2.75, 3.05) is 38.1 Å². The summed E-state index contributed by atoms with van der Waals surface area (Å²) in [4.78, 5) is 15.4. The van der Waals surface area contributed by atoms with E-state index in [1.54, 1.807) is 22.6 Å². The molecule has 1 fully saturated rings. The van der Waals surface area contributed by atoms with E-state index in [2.05, 4.69) is 58.3 Å². The molecule has 0 amide bonds. The maximum atomic E-state index is 4.57. The molecular formula is C17H19N4S+. The zero-order chi connectivity index (χ0) is 14.9. The Hall–Kier alpha value is -1.98. The van der Waals surface area contributed by atoms with Crippen LogP contribution in [0.5, 0.6) is 0 Å². The van der Waals surface area contributed by atoms with Crippen molar-refractivity contribution < 1.29 is 4.90 Å². The second-order valence-electron chi connectivity index (χ2n) is 5.84. The third kappa shape index (κ3) is 2.46. The Morgan fingerprint density at radius 1 is 1.09 bits per heavy atom. The van der Waals surface area contributed by atoms with Crippen molar-refractivity contribution >= 4 is 27.4 Å². The minimum Gasteiger partial charge on any atom is -0.345 e. The lowest BCUT2D eigenvalue weighted by Crippen LogP contribution is -3.12. The number of benzene rings is 1. The van der Waals surface area contributed by atoms with E-state index >= 15 is 0 Å². The summed E-state index contributed by atoms with van der Waals surface area (Å²) in [7, 11) is 2.25. The van der Waals surface area contributed by atoms with Crippen LogP contribution in [-0.2, 0) is 0 Å². The molecule has 1 N–H and O–H groups in total. The summed E-state index contributed by atoms with van der Waals surface area (Å²) in [6, 6.07) is 12.8. The Morgan fingerprint density at radius 3 is 2.64 bits per heavy atom. The van der Waals surface area contributed by atoms with Crippen LogP contribution >= 0.6 is 11.3 Å². The number of nitrogens with zero attached hydrogens (tertiary/aromatic N) is 3. The molecule has 0 spiro atoms. The predicted octanol–water partition coefficient (Wildman–Crippen LogP) is 1.69. The molecule has 4 rings (SSSR count). The third-order valence-electron chi connectivity index (χ3n) is 4.28. The normalized spacial score (nSPS) is 16.3. The third-order valence-corrected chi connectivity index (χ3v) is 5.38. The highest BCUT2D eigenvalue weighted by atomic mass is 32.1. The van der Waals surface area contributed by atoms with E-state index in [0.717, 1.165) is 23.7 Å². The largest absolute Gasteiger partial charge is 0.345 e. The predicted molar refractivity (Wildman–Crippen MR) is 91.7 cm³/mol. The smallest absolute Gasteiger partial charge is 0.141 e. The molecule has 0 bridgehead atoms. The van der Waals surface area contributed by atoms with Gasteiger partial charge in [-0.1, -0.05) is 30.3 Å². The first kappa shape index (κ1) is 13.7. The van der Waals surface area contributed by atoms with Crippen LogP contribution < -0.4 is 9.80 Å². The fourth-order valence-corrected chi connectivity index (χ4v) is 3.94. The van der Waals surface area contributed by atoms with E-state index in [9.17, 15) is 0 Å². The first-order valence-electron chi connectivity index (χ1n) is 7.67. The van der Waals surface area contributed by atoms with Crippen molar-refractivity contribution in [3.63, 3.8) is 0 Å². The molecule has 0 unspecified atom stereocenters. The molecule has 4 nitrogen and oxygen atoms in total. The van der Waals surface area contributed by atoms with Gasteiger partial charge in [-0.2, -0.15) is 0 Å². The number of hydrogen-bond acceptors (Lipinski definition) is 4. The molecule has 0 atom stereocenters. The number of nitrogens with one attached hydrogen (secondary N) is 1. The van der Waals surface area contributed by atoms with Crippen molar-refractivity contribution in [2.24, 2.45) is 0 Å². The SMILES string of the molecule is C[NH+]1CCN(c2ncnc3sc(-c4ccccc4)cc23)CC1. The summed E-state index contributed by atoms with van der Waals surface area (Å²) >= 11 is 1.75. The van der Waals surface area contributed by atoms with Crippen LogP contribution in [0.25, 0.3) is 20.7 Å². The van der Waals surface area contributed by atoms with Gasteiger partial charge in [-0.25, -0.2) is 9.97 Å². The number of likely N-dealkylation sites (N-methyl/N-ethyl adjacent to an activating group) is 1. The molecule has 22 heavy (non-hydrogen) atoms. The maximum Gasteiger partial charge on any atom is 0.141 e. The Kier molecular flexibility index (Phi) is 3.52. The van der Waals surface area contributed by atoms with Gasteiger partial charge in [0.1, 0.15) is 17.0 Å². The number of anilines is 1. The van der Waals surface area contributed by atoms with Crippen LogP contribution in [0.2, 0.25) is 0 Å². The molecule has 1 saturated heterocycles. The highest BCUT2D eigenvalue weighted by Crippen LogP contribution is 2.35. The average Bonchev–Trinajstić information content (AvgIpc) is 3.01. The quantitative estimate of drug-likeness (QED) is 0.782. The first-order valence-corrected chi connectivity index (χ1v) is 8.49. The molecule has 1 aliphatic heterocycles. The van der Waals surface area contributed by atoms with Gasteiger partial charge in [-0.3, -0.25) is 0 Å². The van der Waals surface area contributed by atoms with Crippen LogP contribution in [0, 0.1) is 0 Å². The van der Waals surface area contributed by atoms with Gasteiger partial charge in [0, 0.05) is 4.88 Å². The molecule has 0 saturated carbocycles. The Labute approximate surface area is 134 Å². The number of rotatable bonds is 2. The second-order valence-corrected chi connectivity index (χ2v) is 6.87. The van der Waals surface area contributed by atoms with Crippen LogP contribution in [0.15, 0.2) is 42.7 Å². The highest BCUT2D eigenvalue weighted by Gasteiger charge is 2.21. The Bertz CT molecular complexity index is 776. The number of fused-ring (bicyclic) bond motifs is 1. The maximum absolute atomic E-state index is 4.57. The lowest BCUT2D eigenvalue weighted by Gasteiger charge is -2.31. The van der Waals surface area contributed by atoms with Gasteiger partial charge in [0.15, 0.2) is 0 Å². The lowest BCUT2D eigenvalue weighted by molar-refractivity contribution is -0.880. The van der Waals surface area contributed by atoms with Gasteiger partial charge in [0.25, 0.3) is 0 Å². The molecule has 3 aromatic rings. The molecule has 3 heterocycles. The molecular weight excluding hydrogens is 292 g/mol. The van der Waals surface area contributed by atoms with Crippen molar-refractivity contribution in [1.29, 1.82) is 0 Å². The number of piperazine rings is 1. The zero-order valence-electron chi connectivity index (χ0n) is 12.6. The summed E-state index contributed by atoms with van der Waals surface area (Å²) < 4.78 is 0. The standard InChI is InChI=1S/C17H18N4S/c1-20-7-9-21(10-8-20)16-14-11-15(13-5-3-2-4-6-13)22-17(14)19-12-18-16/h2-6,11-12H,7-10H2,1H3/p+1. The zero-order valence-corrected chi connectivity index (χ0v) is 13.4. The molecule has 5 heteroatoms. The number of aromatic nitrogens is 2. The molecule has 1 aliphatic rings. The van der Waals surface area contributed by atoms with E-state index < -0.39 is 0 Å². The van der Waals surface area contributed by atoms with Gasteiger partial charge in [-0.05, 0) is 11.6 Å². The minimum atomic E-state index is 1.06. The summed E-state index contributed by atoms with van der Waals surface area (Å²) in [6.07, 6.45) is 1.70. The Morgan fingerprint density at radius 2 is 1.86 bits per heavy atom. The second kappa shape index (κ2) is 5.66. The number of quaternary nitrogens is 1. The molecule has 0 radical (unpaired) electrons. The summed E-state index contributed by atoms with van der Waals surface area (Å²) in [5.74, 6) is 1.09. The van der Waals surface area contributed by atoms with E-state index in [0.29, 0.717) is 0 Å². The van der Waals surface area contributed by atoms with Crippen molar-refractivity contribution in [2.45, 2.75) is 0 Å². The van der Waals surface area contributed by atoms with E-state index in [1.807, 2.05) is 0 Å². The van der Waals surface area contributed by atoms with Crippen molar-refractivity contribution in [3.8, 4) is 10.4 Å². The van der Waals surface area contributed by atoms with Gasteiger partial charge in [0.2, 0.25) is 0 Å². The number of thiophene rings is 1. The van der Waals surface area contributed by atoms with Crippen LogP contribution in [0.4, 0.5) is 5.82 Å². The number of hydrogen-bond donors (Lipinski definition) is 1. The Balaban J connectivity index is 1.75. The topological polar surface area (TPSA) is 33.5 Å². The molecule has 0 aliphatic carbocycles. The average molecular weight is 311 g/mol. The first-order chi connectivity index (χ1) is 10.8. The summed E-state index contributed by atoms with van der Waals surface area (Å²) in [5, 5.41) is 1.19. The highest BCUT2D eigenvalue weighted by molar-refractivity contribution is 7.21. The van der Waals surface area contributed by atoms with Crippen molar-refractivity contribution in [3.05, 3.63) is 42.7 Å². The van der Waals surface area contributed by atoms with Crippen LogP contribution in [0.1, 0.15) is 0 Å². The molecule has 2 aromatic heterocycles. The van der Waals surface area contributed by atoms with Crippen LogP contribution in [0.3, 0.4) is 0 Å². The molecule has 112 valence electrons. The van der Waals surface area contributed by atoms with E-state index in [-0.39, 0.29) is 0 Å². The summed E-state index contributed by atoms with van der Waals surface area (Å²) in [5.41, 5.74) is 1.25. The van der Waals surface area contributed by atoms with Gasteiger partial charge in [0.05, 0.1) is 38.6 Å². The van der Waals surface area contributed by atoms with Gasteiger partial charge >= 0.3 is 0 Å².